The van der Waals surface area contributed by atoms with E-state index in [0.717, 1.165) is 19.3 Å². The zero-order chi connectivity index (χ0) is 15.2. The molecule has 0 fully saturated rings. The van der Waals surface area contributed by atoms with Crippen LogP contribution in [0.1, 0.15) is 58.3 Å². The zero-order valence-electron chi connectivity index (χ0n) is 12.1. The molecule has 0 heterocycles. The summed E-state index contributed by atoms with van der Waals surface area (Å²) in [5.41, 5.74) is 0. The molecular formula is C14H24O6. The lowest BCUT2D eigenvalue weighted by Gasteiger charge is -2.04. The number of rotatable bonds is 12. The van der Waals surface area contributed by atoms with Crippen molar-refractivity contribution in [3.63, 3.8) is 0 Å². The van der Waals surface area contributed by atoms with E-state index in [9.17, 15) is 14.4 Å². The maximum Gasteiger partial charge on any atom is 0.344 e. The first-order chi connectivity index (χ1) is 9.56. The van der Waals surface area contributed by atoms with Crippen molar-refractivity contribution in [3.8, 4) is 0 Å². The van der Waals surface area contributed by atoms with E-state index < -0.39 is 31.1 Å². The van der Waals surface area contributed by atoms with Gasteiger partial charge in [-0.25, -0.2) is 9.59 Å². The fraction of sp³-hybridized carbons (Fsp3) is 0.786. The van der Waals surface area contributed by atoms with E-state index in [0.29, 0.717) is 0 Å². The van der Waals surface area contributed by atoms with Gasteiger partial charge >= 0.3 is 17.9 Å². The lowest BCUT2D eigenvalue weighted by Crippen LogP contribution is -2.19. The second kappa shape index (κ2) is 12.4. The number of unbranched alkanes of at least 4 members (excludes halogenated alkanes) is 6. The fourth-order valence-electron chi connectivity index (χ4n) is 1.62. The highest BCUT2D eigenvalue weighted by Gasteiger charge is 2.09. The van der Waals surface area contributed by atoms with Gasteiger partial charge in [0, 0.05) is 6.42 Å². The van der Waals surface area contributed by atoms with Gasteiger partial charge in [0.05, 0.1) is 0 Å². The molecule has 20 heavy (non-hydrogen) atoms. The van der Waals surface area contributed by atoms with E-state index in [4.69, 9.17) is 5.11 Å². The Labute approximate surface area is 119 Å². The van der Waals surface area contributed by atoms with Crippen molar-refractivity contribution in [3.05, 3.63) is 0 Å². The van der Waals surface area contributed by atoms with Crippen molar-refractivity contribution < 1.29 is 29.0 Å². The predicted octanol–water partition coefficient (Wildman–Crippen LogP) is 2.30. The van der Waals surface area contributed by atoms with Crippen LogP contribution in [0.5, 0.6) is 0 Å². The Balaban J connectivity index is 3.40. The highest BCUT2D eigenvalue weighted by atomic mass is 16.6. The molecule has 0 aromatic carbocycles. The number of hydrogen-bond acceptors (Lipinski definition) is 5. The number of aliphatic carboxylic acids is 1. The van der Waals surface area contributed by atoms with Gasteiger partial charge in [-0.2, -0.15) is 0 Å². The van der Waals surface area contributed by atoms with Crippen LogP contribution < -0.4 is 0 Å². The third-order valence-electron chi connectivity index (χ3n) is 2.69. The van der Waals surface area contributed by atoms with Crippen LogP contribution in [0.15, 0.2) is 0 Å². The van der Waals surface area contributed by atoms with Crippen LogP contribution in [0, 0.1) is 0 Å². The summed E-state index contributed by atoms with van der Waals surface area (Å²) >= 11 is 0. The minimum absolute atomic E-state index is 0.278. The molecule has 0 saturated carbocycles. The SMILES string of the molecule is CCCCCCCCCC(=O)OCC(=O)OCC(=O)O. The summed E-state index contributed by atoms with van der Waals surface area (Å²) in [7, 11) is 0. The molecule has 0 aromatic rings. The summed E-state index contributed by atoms with van der Waals surface area (Å²) < 4.78 is 8.99. The van der Waals surface area contributed by atoms with Gasteiger partial charge in [0.2, 0.25) is 0 Å². The van der Waals surface area contributed by atoms with E-state index in [1.807, 2.05) is 0 Å². The molecule has 0 rings (SSSR count). The molecule has 0 aliphatic rings. The zero-order valence-corrected chi connectivity index (χ0v) is 12.1. The molecule has 0 amide bonds. The normalized spacial score (nSPS) is 10.1. The van der Waals surface area contributed by atoms with Gasteiger partial charge < -0.3 is 14.6 Å². The number of carboxylic acids is 1. The topological polar surface area (TPSA) is 89.9 Å². The Bertz CT molecular complexity index is 300. The summed E-state index contributed by atoms with van der Waals surface area (Å²) in [4.78, 5) is 32.4. The van der Waals surface area contributed by atoms with E-state index >= 15 is 0 Å². The lowest BCUT2D eigenvalue weighted by atomic mass is 10.1. The number of hydrogen-bond donors (Lipinski definition) is 1. The number of carbonyl (C=O) groups excluding carboxylic acids is 2. The van der Waals surface area contributed by atoms with Crippen LogP contribution in [0.25, 0.3) is 0 Å². The molecule has 0 unspecified atom stereocenters. The third-order valence-corrected chi connectivity index (χ3v) is 2.69. The molecule has 6 heteroatoms. The van der Waals surface area contributed by atoms with Gasteiger partial charge in [-0.05, 0) is 6.42 Å². The van der Waals surface area contributed by atoms with Crippen LogP contribution in [-0.2, 0) is 23.9 Å². The Hall–Kier alpha value is -1.59. The summed E-state index contributed by atoms with van der Waals surface area (Å²) in [5.74, 6) is -2.54. The van der Waals surface area contributed by atoms with Crippen molar-refractivity contribution in [2.24, 2.45) is 0 Å². The van der Waals surface area contributed by atoms with Crippen molar-refractivity contribution in [1.82, 2.24) is 0 Å². The third kappa shape index (κ3) is 12.9. The number of ether oxygens (including phenoxy) is 2. The maximum absolute atomic E-state index is 11.3. The summed E-state index contributed by atoms with van der Waals surface area (Å²) in [5, 5.41) is 8.28. The number of carboxylic acid groups (broad SMARTS) is 1. The molecule has 0 bridgehead atoms. The van der Waals surface area contributed by atoms with Gasteiger partial charge in [0.1, 0.15) is 0 Å². The first-order valence-corrected chi connectivity index (χ1v) is 7.09. The van der Waals surface area contributed by atoms with Gasteiger partial charge in [-0.1, -0.05) is 45.4 Å². The molecule has 1 N–H and O–H groups in total. The van der Waals surface area contributed by atoms with Crippen LogP contribution in [-0.4, -0.2) is 36.2 Å². The monoisotopic (exact) mass is 288 g/mol. The molecule has 6 nitrogen and oxygen atoms in total. The molecule has 0 aliphatic carbocycles. The average Bonchev–Trinajstić information content (AvgIpc) is 2.41. The summed E-state index contributed by atoms with van der Waals surface area (Å²) in [6.45, 7) is 0.925. The van der Waals surface area contributed by atoms with Gasteiger partial charge in [-0.15, -0.1) is 0 Å². The minimum Gasteiger partial charge on any atom is -0.479 e. The average molecular weight is 288 g/mol. The number of carbonyl (C=O) groups is 3. The van der Waals surface area contributed by atoms with Gasteiger partial charge in [0.25, 0.3) is 0 Å². The Morgan fingerprint density at radius 1 is 0.800 bits per heavy atom. The molecule has 116 valence electrons. The number of esters is 2. The lowest BCUT2D eigenvalue weighted by molar-refractivity contribution is -0.163. The van der Waals surface area contributed by atoms with Crippen LogP contribution >= 0.6 is 0 Å². The van der Waals surface area contributed by atoms with E-state index in [-0.39, 0.29) is 6.42 Å². The largest absolute Gasteiger partial charge is 0.479 e. The smallest absolute Gasteiger partial charge is 0.344 e. The highest BCUT2D eigenvalue weighted by Crippen LogP contribution is 2.08. The van der Waals surface area contributed by atoms with Crippen molar-refractivity contribution in [2.75, 3.05) is 13.2 Å². The molecule has 0 spiro atoms. The van der Waals surface area contributed by atoms with E-state index in [1.165, 1.54) is 25.7 Å². The second-order valence-corrected chi connectivity index (χ2v) is 4.59. The fourth-order valence-corrected chi connectivity index (χ4v) is 1.62. The Morgan fingerprint density at radius 2 is 1.35 bits per heavy atom. The van der Waals surface area contributed by atoms with Crippen LogP contribution in [0.3, 0.4) is 0 Å². The Morgan fingerprint density at radius 3 is 1.95 bits per heavy atom. The quantitative estimate of drug-likeness (QED) is 0.438. The molecule has 0 radical (unpaired) electrons. The van der Waals surface area contributed by atoms with Crippen molar-refractivity contribution in [2.45, 2.75) is 58.3 Å². The van der Waals surface area contributed by atoms with E-state index in [2.05, 4.69) is 16.4 Å². The first kappa shape index (κ1) is 18.4. The standard InChI is InChI=1S/C14H24O6/c1-2-3-4-5-6-7-8-9-13(17)20-11-14(18)19-10-12(15)16/h2-11H2,1H3,(H,15,16). The first-order valence-electron chi connectivity index (χ1n) is 7.09. The van der Waals surface area contributed by atoms with Crippen molar-refractivity contribution in [1.29, 1.82) is 0 Å². The minimum atomic E-state index is -1.24. The van der Waals surface area contributed by atoms with Gasteiger partial charge in [-0.3, -0.25) is 4.79 Å². The summed E-state index contributed by atoms with van der Waals surface area (Å²) in [6, 6.07) is 0. The highest BCUT2D eigenvalue weighted by molar-refractivity contribution is 5.78. The molecule has 0 saturated heterocycles. The van der Waals surface area contributed by atoms with Crippen LogP contribution in [0.2, 0.25) is 0 Å². The molecule has 0 aliphatic heterocycles. The maximum atomic E-state index is 11.3. The predicted molar refractivity (Wildman–Crippen MR) is 72.2 cm³/mol. The van der Waals surface area contributed by atoms with E-state index in [1.54, 1.807) is 0 Å². The summed E-state index contributed by atoms with van der Waals surface area (Å²) in [6.07, 6.45) is 7.98. The molecular weight excluding hydrogens is 264 g/mol. The van der Waals surface area contributed by atoms with Crippen LogP contribution in [0.4, 0.5) is 0 Å². The second-order valence-electron chi connectivity index (χ2n) is 4.59. The van der Waals surface area contributed by atoms with Crippen molar-refractivity contribution >= 4 is 17.9 Å². The van der Waals surface area contributed by atoms with Gasteiger partial charge in [0.15, 0.2) is 13.2 Å². The Kier molecular flexibility index (Phi) is 11.5. The molecule has 0 aromatic heterocycles. The molecule has 0 atom stereocenters.